The lowest BCUT2D eigenvalue weighted by molar-refractivity contribution is -0.141. The molecule has 0 heterocycles. The molecule has 0 radical (unpaired) electrons. The summed E-state index contributed by atoms with van der Waals surface area (Å²) in [7, 11) is 1.35. The van der Waals surface area contributed by atoms with Gasteiger partial charge in [0.25, 0.3) is 5.91 Å². The second-order valence-corrected chi connectivity index (χ2v) is 5.91. The molecule has 0 atom stereocenters. The van der Waals surface area contributed by atoms with Gasteiger partial charge >= 0.3 is 5.97 Å². The number of methoxy groups -OCH3 is 1. The summed E-state index contributed by atoms with van der Waals surface area (Å²) in [6.07, 6.45) is 0. The van der Waals surface area contributed by atoms with Crippen LogP contribution in [0.1, 0.15) is 31.8 Å². The molecule has 6 nitrogen and oxygen atoms in total. The number of aryl methyl sites for hydroxylation is 2. The predicted molar refractivity (Wildman–Crippen MR) is 96.5 cm³/mol. The minimum atomic E-state index is -0.782. The Hall–Kier alpha value is -3.22. The highest BCUT2D eigenvalue weighted by molar-refractivity contribution is 6.00. The van der Waals surface area contributed by atoms with Crippen LogP contribution in [-0.2, 0) is 9.53 Å². The number of ether oxygens (including phenoxy) is 2. The molecule has 0 saturated heterocycles. The number of benzene rings is 2. The lowest BCUT2D eigenvalue weighted by atomic mass is 10.1. The molecule has 2 aromatic carbocycles. The van der Waals surface area contributed by atoms with Gasteiger partial charge in [-0.1, -0.05) is 6.07 Å². The van der Waals surface area contributed by atoms with E-state index in [1.807, 2.05) is 19.9 Å². The molecule has 0 aromatic heterocycles. The number of halogens is 1. The second kappa shape index (κ2) is 8.93. The van der Waals surface area contributed by atoms with Crippen molar-refractivity contribution in [1.82, 2.24) is 5.32 Å². The lowest BCUT2D eigenvalue weighted by Gasteiger charge is -2.09. The summed E-state index contributed by atoms with van der Waals surface area (Å²) in [4.78, 5) is 35.9. The van der Waals surface area contributed by atoms with Crippen molar-refractivity contribution in [3.8, 4) is 5.75 Å². The molecule has 27 heavy (non-hydrogen) atoms. The first-order valence-electron chi connectivity index (χ1n) is 8.19. The van der Waals surface area contributed by atoms with Crippen LogP contribution in [-0.4, -0.2) is 37.9 Å². The van der Waals surface area contributed by atoms with Crippen molar-refractivity contribution in [1.29, 1.82) is 0 Å². The smallest absolute Gasteiger partial charge is 0.325 e. The van der Waals surface area contributed by atoms with Crippen molar-refractivity contribution in [2.24, 2.45) is 0 Å². The van der Waals surface area contributed by atoms with E-state index in [0.29, 0.717) is 5.56 Å². The zero-order valence-electron chi connectivity index (χ0n) is 15.3. The molecule has 1 amide bonds. The third-order valence-electron chi connectivity index (χ3n) is 3.99. The van der Waals surface area contributed by atoms with Gasteiger partial charge in [0.2, 0.25) is 5.78 Å². The summed E-state index contributed by atoms with van der Waals surface area (Å²) >= 11 is 0. The number of Topliss-reactive ketones (excluding diaryl/α,β-unsaturated/α-hetero) is 1. The molecule has 0 saturated carbocycles. The highest BCUT2D eigenvalue weighted by Gasteiger charge is 2.16. The maximum Gasteiger partial charge on any atom is 0.325 e. The second-order valence-electron chi connectivity index (χ2n) is 5.91. The molecule has 142 valence electrons. The maximum absolute atomic E-state index is 13.3. The third-order valence-corrected chi connectivity index (χ3v) is 3.99. The molecule has 0 aliphatic carbocycles. The summed E-state index contributed by atoms with van der Waals surface area (Å²) in [6, 6.07) is 8.67. The van der Waals surface area contributed by atoms with Crippen molar-refractivity contribution < 1.29 is 28.2 Å². The summed E-state index contributed by atoms with van der Waals surface area (Å²) < 4.78 is 23.1. The van der Waals surface area contributed by atoms with Gasteiger partial charge in [0.15, 0.2) is 6.61 Å². The Labute approximate surface area is 156 Å². The highest BCUT2D eigenvalue weighted by atomic mass is 19.1. The van der Waals surface area contributed by atoms with E-state index in [1.54, 1.807) is 12.1 Å². The van der Waals surface area contributed by atoms with E-state index in [1.165, 1.54) is 13.2 Å². The normalized spacial score (nSPS) is 10.2. The fourth-order valence-corrected chi connectivity index (χ4v) is 2.31. The average molecular weight is 373 g/mol. The van der Waals surface area contributed by atoms with Crippen molar-refractivity contribution in [2.45, 2.75) is 13.8 Å². The van der Waals surface area contributed by atoms with Gasteiger partial charge in [-0.05, 0) is 55.3 Å². The van der Waals surface area contributed by atoms with Crippen molar-refractivity contribution in [3.63, 3.8) is 0 Å². The van der Waals surface area contributed by atoms with Crippen molar-refractivity contribution >= 4 is 17.7 Å². The van der Waals surface area contributed by atoms with Crippen LogP contribution in [0.2, 0.25) is 0 Å². The van der Waals surface area contributed by atoms with Gasteiger partial charge in [0.1, 0.15) is 18.1 Å². The number of hydrogen-bond acceptors (Lipinski definition) is 5. The van der Waals surface area contributed by atoms with Crippen LogP contribution >= 0.6 is 0 Å². The minimum absolute atomic E-state index is 0.0236. The van der Waals surface area contributed by atoms with Crippen LogP contribution < -0.4 is 10.1 Å². The number of ketones is 1. The molecule has 2 rings (SSSR count). The molecular weight excluding hydrogens is 353 g/mol. The van der Waals surface area contributed by atoms with E-state index in [4.69, 9.17) is 9.47 Å². The molecule has 0 aliphatic rings. The van der Waals surface area contributed by atoms with Crippen LogP contribution in [0.4, 0.5) is 4.39 Å². The number of nitrogens with one attached hydrogen (secondary N) is 1. The maximum atomic E-state index is 13.3. The predicted octanol–water partition coefficient (Wildman–Crippen LogP) is 2.61. The fraction of sp³-hybridized carbons (Fsp3) is 0.250. The van der Waals surface area contributed by atoms with Crippen LogP contribution in [0.5, 0.6) is 5.75 Å². The Morgan fingerprint density at radius 2 is 1.78 bits per heavy atom. The van der Waals surface area contributed by atoms with Gasteiger partial charge in [-0.3, -0.25) is 14.4 Å². The van der Waals surface area contributed by atoms with E-state index in [0.717, 1.165) is 23.3 Å². The molecule has 0 fully saturated rings. The third kappa shape index (κ3) is 5.37. The molecule has 0 spiro atoms. The molecular formula is C20H20FNO5. The van der Waals surface area contributed by atoms with Gasteiger partial charge in [0.05, 0.1) is 12.7 Å². The van der Waals surface area contributed by atoms with E-state index in [-0.39, 0.29) is 17.9 Å². The summed E-state index contributed by atoms with van der Waals surface area (Å²) in [5, 5.41) is 2.43. The van der Waals surface area contributed by atoms with Crippen LogP contribution in [0.3, 0.4) is 0 Å². The zero-order valence-corrected chi connectivity index (χ0v) is 15.3. The van der Waals surface area contributed by atoms with Gasteiger partial charge < -0.3 is 14.8 Å². The first-order valence-corrected chi connectivity index (χ1v) is 8.19. The summed E-state index contributed by atoms with van der Waals surface area (Å²) in [5.74, 6) is -2.24. The topological polar surface area (TPSA) is 81.7 Å². The van der Waals surface area contributed by atoms with Crippen LogP contribution in [0.15, 0.2) is 36.4 Å². The zero-order chi connectivity index (χ0) is 20.0. The summed E-state index contributed by atoms with van der Waals surface area (Å²) in [6.45, 7) is 2.84. The highest BCUT2D eigenvalue weighted by Crippen LogP contribution is 2.19. The van der Waals surface area contributed by atoms with E-state index < -0.39 is 30.1 Å². The Bertz CT molecular complexity index is 879. The first kappa shape index (κ1) is 20.1. The number of esters is 1. The number of amides is 1. The average Bonchev–Trinajstić information content (AvgIpc) is 2.66. The van der Waals surface area contributed by atoms with E-state index in [2.05, 4.69) is 5.32 Å². The molecule has 7 heteroatoms. The van der Waals surface area contributed by atoms with Crippen molar-refractivity contribution in [3.05, 3.63) is 64.5 Å². The van der Waals surface area contributed by atoms with Crippen LogP contribution in [0.25, 0.3) is 0 Å². The largest absolute Gasteiger partial charge is 0.496 e. The molecule has 2 aromatic rings. The number of hydrogen-bond donors (Lipinski definition) is 1. The molecule has 0 aliphatic heterocycles. The monoisotopic (exact) mass is 373 g/mol. The quantitative estimate of drug-likeness (QED) is 0.596. The SMILES string of the molecule is COc1ccc(F)cc1C(=O)COC(=O)CNC(=O)c1ccc(C)c(C)c1. The number of carbonyl (C=O) groups excluding carboxylic acids is 3. The fourth-order valence-electron chi connectivity index (χ4n) is 2.31. The van der Waals surface area contributed by atoms with Gasteiger partial charge in [-0.25, -0.2) is 4.39 Å². The Balaban J connectivity index is 1.87. The van der Waals surface area contributed by atoms with E-state index >= 15 is 0 Å². The van der Waals surface area contributed by atoms with Crippen molar-refractivity contribution in [2.75, 3.05) is 20.3 Å². The minimum Gasteiger partial charge on any atom is -0.496 e. The molecule has 0 bridgehead atoms. The number of carbonyl (C=O) groups is 3. The standard InChI is InChI=1S/C20H20FNO5/c1-12-4-5-14(8-13(12)2)20(25)22-10-19(24)27-11-17(23)16-9-15(21)6-7-18(16)26-3/h4-9H,10-11H2,1-3H3,(H,22,25). The number of rotatable bonds is 7. The van der Waals surface area contributed by atoms with Gasteiger partial charge in [-0.15, -0.1) is 0 Å². The van der Waals surface area contributed by atoms with Crippen LogP contribution in [0, 0.1) is 19.7 Å². The Morgan fingerprint density at radius 3 is 2.44 bits per heavy atom. The first-order chi connectivity index (χ1) is 12.8. The van der Waals surface area contributed by atoms with E-state index in [9.17, 15) is 18.8 Å². The van der Waals surface area contributed by atoms with Gasteiger partial charge in [-0.2, -0.15) is 0 Å². The molecule has 0 unspecified atom stereocenters. The lowest BCUT2D eigenvalue weighted by Crippen LogP contribution is -2.31. The Kier molecular flexibility index (Phi) is 6.65. The van der Waals surface area contributed by atoms with Gasteiger partial charge in [0, 0.05) is 5.56 Å². The molecule has 1 N–H and O–H groups in total. The summed E-state index contributed by atoms with van der Waals surface area (Å²) in [5.41, 5.74) is 2.41. The Morgan fingerprint density at radius 1 is 1.04 bits per heavy atom.